The third kappa shape index (κ3) is 3.75. The second-order valence-electron chi connectivity index (χ2n) is 6.74. The molecular formula is C19H22N6O2. The Kier molecular flexibility index (Phi) is 4.72. The Labute approximate surface area is 157 Å². The van der Waals surface area contributed by atoms with Gasteiger partial charge in [-0.15, -0.1) is 0 Å². The van der Waals surface area contributed by atoms with Gasteiger partial charge in [0, 0.05) is 25.5 Å². The Morgan fingerprint density at radius 1 is 1.33 bits per heavy atom. The second kappa shape index (κ2) is 7.32. The number of aromatic nitrogens is 4. The van der Waals surface area contributed by atoms with Crippen molar-refractivity contribution in [1.29, 1.82) is 0 Å². The Bertz CT molecular complexity index is 916. The van der Waals surface area contributed by atoms with Crippen LogP contribution in [0.4, 0.5) is 0 Å². The largest absolute Gasteiger partial charge is 0.468 e. The van der Waals surface area contributed by atoms with Gasteiger partial charge in [-0.2, -0.15) is 0 Å². The molecule has 3 aromatic heterocycles. The highest BCUT2D eigenvalue weighted by molar-refractivity contribution is 5.92. The lowest BCUT2D eigenvalue weighted by atomic mass is 10.2. The van der Waals surface area contributed by atoms with E-state index in [0.29, 0.717) is 12.2 Å². The first-order valence-corrected chi connectivity index (χ1v) is 8.99. The molecule has 4 rings (SSSR count). The van der Waals surface area contributed by atoms with E-state index in [1.54, 1.807) is 18.7 Å². The summed E-state index contributed by atoms with van der Waals surface area (Å²) in [4.78, 5) is 27.8. The molecule has 4 heterocycles. The summed E-state index contributed by atoms with van der Waals surface area (Å²) >= 11 is 0. The maximum Gasteiger partial charge on any atom is 0.271 e. The van der Waals surface area contributed by atoms with Crippen molar-refractivity contribution < 1.29 is 9.21 Å². The number of fused-ring (bicyclic) bond motifs is 1. The van der Waals surface area contributed by atoms with Gasteiger partial charge in [0.2, 0.25) is 0 Å². The van der Waals surface area contributed by atoms with Crippen LogP contribution in [0.1, 0.15) is 46.4 Å². The van der Waals surface area contributed by atoms with Gasteiger partial charge >= 0.3 is 0 Å². The number of furan rings is 1. The fraction of sp³-hybridized carbons (Fsp3) is 0.368. The van der Waals surface area contributed by atoms with Gasteiger partial charge < -0.3 is 14.3 Å². The van der Waals surface area contributed by atoms with E-state index in [1.165, 1.54) is 0 Å². The predicted molar refractivity (Wildman–Crippen MR) is 97.7 cm³/mol. The average molecular weight is 366 g/mol. The highest BCUT2D eigenvalue weighted by atomic mass is 16.3. The minimum atomic E-state index is -0.205. The maximum absolute atomic E-state index is 12.5. The lowest BCUT2D eigenvalue weighted by molar-refractivity contribution is 0.0945. The van der Waals surface area contributed by atoms with Crippen molar-refractivity contribution in [3.8, 4) is 0 Å². The van der Waals surface area contributed by atoms with Crippen molar-refractivity contribution in [2.75, 3.05) is 6.54 Å². The Morgan fingerprint density at radius 2 is 2.22 bits per heavy atom. The fourth-order valence-electron chi connectivity index (χ4n) is 3.24. The van der Waals surface area contributed by atoms with E-state index in [1.807, 2.05) is 25.3 Å². The summed E-state index contributed by atoms with van der Waals surface area (Å²) in [7, 11) is 0. The minimum Gasteiger partial charge on any atom is -0.468 e. The van der Waals surface area contributed by atoms with Gasteiger partial charge in [0.1, 0.15) is 17.3 Å². The Balaban J connectivity index is 1.42. The van der Waals surface area contributed by atoms with E-state index in [2.05, 4.69) is 36.7 Å². The highest BCUT2D eigenvalue weighted by Gasteiger charge is 2.28. The standard InChI is InChI=1S/C19H22N6O2/c1-13-8-21-15(9-20-13)10-22-19(26)17-12-25-6-5-24(14(2)18(25)23-17)11-16-4-3-7-27-16/h3-4,7-9,12,14H,5-6,10-11H2,1-2H3,(H,22,26)/t14-/m1/s1. The zero-order chi connectivity index (χ0) is 18.8. The molecule has 27 heavy (non-hydrogen) atoms. The number of hydrogen-bond donors (Lipinski definition) is 1. The van der Waals surface area contributed by atoms with Crippen molar-refractivity contribution in [1.82, 2.24) is 29.7 Å². The van der Waals surface area contributed by atoms with Crippen molar-refractivity contribution >= 4 is 5.91 Å². The Morgan fingerprint density at radius 3 is 2.96 bits per heavy atom. The molecule has 8 heteroatoms. The van der Waals surface area contributed by atoms with Crippen LogP contribution < -0.4 is 5.32 Å². The molecule has 3 aromatic rings. The fourth-order valence-corrected chi connectivity index (χ4v) is 3.24. The van der Waals surface area contributed by atoms with Crippen LogP contribution in [0.5, 0.6) is 0 Å². The number of imidazole rings is 1. The number of carbonyl (C=O) groups is 1. The van der Waals surface area contributed by atoms with Gasteiger partial charge in [-0.3, -0.25) is 19.7 Å². The smallest absolute Gasteiger partial charge is 0.271 e. The molecule has 1 amide bonds. The summed E-state index contributed by atoms with van der Waals surface area (Å²) in [5, 5.41) is 2.86. The lowest BCUT2D eigenvalue weighted by Crippen LogP contribution is -2.36. The molecule has 0 spiro atoms. The van der Waals surface area contributed by atoms with E-state index in [-0.39, 0.29) is 11.9 Å². The van der Waals surface area contributed by atoms with Crippen LogP contribution in [0, 0.1) is 6.92 Å². The van der Waals surface area contributed by atoms with Crippen LogP contribution in [-0.2, 0) is 19.6 Å². The molecule has 0 radical (unpaired) electrons. The molecule has 1 atom stereocenters. The quantitative estimate of drug-likeness (QED) is 0.744. The molecule has 0 saturated heterocycles. The predicted octanol–water partition coefficient (Wildman–Crippen LogP) is 2.08. The van der Waals surface area contributed by atoms with E-state index in [4.69, 9.17) is 4.42 Å². The first kappa shape index (κ1) is 17.4. The second-order valence-corrected chi connectivity index (χ2v) is 6.74. The van der Waals surface area contributed by atoms with E-state index in [0.717, 1.165) is 42.6 Å². The SMILES string of the molecule is Cc1cnc(CNC(=O)c2cn3c(n2)[C@@H](C)N(Cc2ccco2)CC3)cn1. The van der Waals surface area contributed by atoms with E-state index in [9.17, 15) is 4.79 Å². The van der Waals surface area contributed by atoms with Crippen LogP contribution in [0.15, 0.2) is 41.4 Å². The van der Waals surface area contributed by atoms with Crippen molar-refractivity contribution in [2.45, 2.75) is 39.5 Å². The number of nitrogens with zero attached hydrogens (tertiary/aromatic N) is 5. The summed E-state index contributed by atoms with van der Waals surface area (Å²) in [5.74, 6) is 1.62. The number of rotatable bonds is 5. The van der Waals surface area contributed by atoms with E-state index < -0.39 is 0 Å². The van der Waals surface area contributed by atoms with Crippen molar-refractivity contribution in [3.05, 3.63) is 65.7 Å². The Hall–Kier alpha value is -3.00. The molecule has 0 bridgehead atoms. The van der Waals surface area contributed by atoms with Crippen LogP contribution in [0.25, 0.3) is 0 Å². The molecule has 140 valence electrons. The zero-order valence-electron chi connectivity index (χ0n) is 15.4. The molecule has 0 saturated carbocycles. The molecule has 1 N–H and O–H groups in total. The first-order valence-electron chi connectivity index (χ1n) is 8.99. The number of amides is 1. The number of nitrogens with one attached hydrogen (secondary N) is 1. The normalized spacial score (nSPS) is 16.9. The van der Waals surface area contributed by atoms with Gasteiger partial charge in [0.15, 0.2) is 0 Å². The summed E-state index contributed by atoms with van der Waals surface area (Å²) in [6.45, 7) is 6.71. The number of carbonyl (C=O) groups excluding carboxylic acids is 1. The molecular weight excluding hydrogens is 344 g/mol. The van der Waals surface area contributed by atoms with Crippen LogP contribution in [0.3, 0.4) is 0 Å². The lowest BCUT2D eigenvalue weighted by Gasteiger charge is -2.32. The monoisotopic (exact) mass is 366 g/mol. The maximum atomic E-state index is 12.5. The van der Waals surface area contributed by atoms with Gasteiger partial charge in [-0.25, -0.2) is 4.98 Å². The molecule has 0 unspecified atom stereocenters. The summed E-state index contributed by atoms with van der Waals surface area (Å²) < 4.78 is 7.51. The average Bonchev–Trinajstić information content (AvgIpc) is 3.33. The summed E-state index contributed by atoms with van der Waals surface area (Å²) in [5.41, 5.74) is 1.99. The van der Waals surface area contributed by atoms with Crippen LogP contribution in [0.2, 0.25) is 0 Å². The molecule has 1 aliphatic heterocycles. The molecule has 1 aliphatic rings. The van der Waals surface area contributed by atoms with Crippen molar-refractivity contribution in [3.63, 3.8) is 0 Å². The highest BCUT2D eigenvalue weighted by Crippen LogP contribution is 2.26. The third-order valence-electron chi connectivity index (χ3n) is 4.79. The minimum absolute atomic E-state index is 0.105. The summed E-state index contributed by atoms with van der Waals surface area (Å²) in [6, 6.07) is 3.97. The molecule has 0 aromatic carbocycles. The third-order valence-corrected chi connectivity index (χ3v) is 4.79. The van der Waals surface area contributed by atoms with E-state index >= 15 is 0 Å². The first-order chi connectivity index (χ1) is 13.1. The molecule has 0 fully saturated rings. The van der Waals surface area contributed by atoms with Gasteiger partial charge in [-0.05, 0) is 26.0 Å². The van der Waals surface area contributed by atoms with Crippen molar-refractivity contribution in [2.24, 2.45) is 0 Å². The van der Waals surface area contributed by atoms with Gasteiger partial charge in [-0.1, -0.05) is 0 Å². The number of aryl methyl sites for hydroxylation is 1. The molecule has 8 nitrogen and oxygen atoms in total. The number of hydrogen-bond acceptors (Lipinski definition) is 6. The van der Waals surface area contributed by atoms with Gasteiger partial charge in [0.25, 0.3) is 5.91 Å². The van der Waals surface area contributed by atoms with Crippen LogP contribution >= 0.6 is 0 Å². The topological polar surface area (TPSA) is 89.1 Å². The summed E-state index contributed by atoms with van der Waals surface area (Å²) in [6.07, 6.45) is 6.87. The molecule has 0 aliphatic carbocycles. The zero-order valence-corrected chi connectivity index (χ0v) is 15.4. The van der Waals surface area contributed by atoms with Crippen LogP contribution in [-0.4, -0.2) is 36.9 Å². The van der Waals surface area contributed by atoms with Gasteiger partial charge in [0.05, 0.1) is 43.0 Å².